The Morgan fingerprint density at radius 1 is 1.07 bits per heavy atom. The molecular formula is C20H28N4O3. The Morgan fingerprint density at radius 3 is 2.48 bits per heavy atom. The van der Waals surface area contributed by atoms with Crippen molar-refractivity contribution in [2.45, 2.75) is 20.4 Å². The van der Waals surface area contributed by atoms with Crippen LogP contribution in [0.2, 0.25) is 0 Å². The molecule has 0 radical (unpaired) electrons. The zero-order valence-electron chi connectivity index (χ0n) is 16.4. The van der Waals surface area contributed by atoms with Gasteiger partial charge < -0.3 is 14.4 Å². The highest BCUT2D eigenvalue weighted by Crippen LogP contribution is 2.18. The summed E-state index contributed by atoms with van der Waals surface area (Å²) in [5, 5.41) is 4.50. The first-order chi connectivity index (χ1) is 13.0. The summed E-state index contributed by atoms with van der Waals surface area (Å²) in [5.74, 6) is 1.39. The van der Waals surface area contributed by atoms with Crippen molar-refractivity contribution in [1.29, 1.82) is 0 Å². The molecule has 0 aliphatic carbocycles. The second-order valence-electron chi connectivity index (χ2n) is 6.84. The van der Waals surface area contributed by atoms with Gasteiger partial charge in [-0.3, -0.25) is 14.4 Å². The molecule has 1 amide bonds. The van der Waals surface area contributed by atoms with Crippen molar-refractivity contribution >= 4 is 5.91 Å². The number of rotatable bonds is 7. The first kappa shape index (κ1) is 19.2. The third-order valence-electron chi connectivity index (χ3n) is 4.86. The number of amides is 1. The summed E-state index contributed by atoms with van der Waals surface area (Å²) in [6, 6.07) is 9.40. The molecule has 146 valence electrons. The van der Waals surface area contributed by atoms with E-state index in [2.05, 4.69) is 27.7 Å². The van der Waals surface area contributed by atoms with Gasteiger partial charge in [0.15, 0.2) is 6.61 Å². The van der Waals surface area contributed by atoms with Crippen LogP contribution in [0.1, 0.15) is 11.4 Å². The van der Waals surface area contributed by atoms with Crippen LogP contribution in [-0.2, 0) is 11.3 Å². The van der Waals surface area contributed by atoms with E-state index in [1.165, 1.54) is 5.69 Å². The van der Waals surface area contributed by atoms with E-state index in [0.29, 0.717) is 5.75 Å². The Hall–Kier alpha value is -2.54. The van der Waals surface area contributed by atoms with Gasteiger partial charge in [-0.2, -0.15) is 5.10 Å². The minimum absolute atomic E-state index is 0.0241. The van der Waals surface area contributed by atoms with Gasteiger partial charge >= 0.3 is 0 Å². The molecule has 1 aliphatic heterocycles. The number of carbonyl (C=O) groups excluding carboxylic acids is 1. The highest BCUT2D eigenvalue weighted by molar-refractivity contribution is 5.77. The lowest BCUT2D eigenvalue weighted by atomic mass is 10.3. The van der Waals surface area contributed by atoms with Gasteiger partial charge in [0.1, 0.15) is 11.5 Å². The highest BCUT2D eigenvalue weighted by Gasteiger charge is 2.21. The first-order valence-corrected chi connectivity index (χ1v) is 9.33. The SMILES string of the molecule is COc1cccc(OCC(=O)N2CCN(CCn3nc(C)cc3C)CC2)c1. The number of piperazine rings is 1. The van der Waals surface area contributed by atoms with Gasteiger partial charge in [-0.05, 0) is 32.0 Å². The number of carbonyl (C=O) groups is 1. The molecule has 1 aromatic carbocycles. The fraction of sp³-hybridized carbons (Fsp3) is 0.500. The Balaban J connectivity index is 1.40. The van der Waals surface area contributed by atoms with Crippen molar-refractivity contribution in [3.05, 3.63) is 41.7 Å². The van der Waals surface area contributed by atoms with Gasteiger partial charge in [0, 0.05) is 44.5 Å². The summed E-state index contributed by atoms with van der Waals surface area (Å²) in [5.41, 5.74) is 2.25. The number of hydrogen-bond acceptors (Lipinski definition) is 5. The number of nitrogens with zero attached hydrogens (tertiary/aromatic N) is 4. The second kappa shape index (κ2) is 8.90. The van der Waals surface area contributed by atoms with E-state index in [0.717, 1.165) is 50.7 Å². The molecule has 7 nitrogen and oxygen atoms in total. The summed E-state index contributed by atoms with van der Waals surface area (Å²) < 4.78 is 12.8. The Kier molecular flexibility index (Phi) is 6.34. The van der Waals surface area contributed by atoms with Crippen LogP contribution in [0.15, 0.2) is 30.3 Å². The molecule has 0 spiro atoms. The maximum Gasteiger partial charge on any atom is 0.260 e. The van der Waals surface area contributed by atoms with Gasteiger partial charge in [-0.25, -0.2) is 0 Å². The molecule has 0 bridgehead atoms. The number of ether oxygens (including phenoxy) is 2. The molecule has 1 fully saturated rings. The number of aromatic nitrogens is 2. The van der Waals surface area contributed by atoms with Gasteiger partial charge in [0.05, 0.1) is 19.3 Å². The fourth-order valence-corrected chi connectivity index (χ4v) is 3.29. The largest absolute Gasteiger partial charge is 0.497 e. The van der Waals surface area contributed by atoms with Crippen molar-refractivity contribution in [3.8, 4) is 11.5 Å². The maximum atomic E-state index is 12.4. The van der Waals surface area contributed by atoms with E-state index in [4.69, 9.17) is 9.47 Å². The van der Waals surface area contributed by atoms with Gasteiger partial charge in [0.25, 0.3) is 5.91 Å². The standard InChI is InChI=1S/C20H28N4O3/c1-16-13-17(2)24(21-16)12-9-22-7-10-23(11-8-22)20(25)15-27-19-6-4-5-18(14-19)26-3/h4-6,13-14H,7-12,15H2,1-3H3. The van der Waals surface area contributed by atoms with E-state index >= 15 is 0 Å². The fourth-order valence-electron chi connectivity index (χ4n) is 3.29. The Labute approximate surface area is 160 Å². The van der Waals surface area contributed by atoms with E-state index in [9.17, 15) is 4.79 Å². The van der Waals surface area contributed by atoms with E-state index in [1.807, 2.05) is 30.0 Å². The van der Waals surface area contributed by atoms with Crippen LogP contribution in [0.4, 0.5) is 0 Å². The molecule has 27 heavy (non-hydrogen) atoms. The van der Waals surface area contributed by atoms with Crippen LogP contribution in [0.25, 0.3) is 0 Å². The van der Waals surface area contributed by atoms with Gasteiger partial charge in [-0.1, -0.05) is 6.07 Å². The molecular weight excluding hydrogens is 344 g/mol. The number of hydrogen-bond donors (Lipinski definition) is 0. The maximum absolute atomic E-state index is 12.4. The lowest BCUT2D eigenvalue weighted by Crippen LogP contribution is -2.50. The molecule has 0 saturated carbocycles. The summed E-state index contributed by atoms with van der Waals surface area (Å²) in [4.78, 5) is 16.6. The van der Waals surface area contributed by atoms with E-state index < -0.39 is 0 Å². The predicted octanol–water partition coefficient (Wildman–Crippen LogP) is 1.73. The highest BCUT2D eigenvalue weighted by atomic mass is 16.5. The molecule has 0 unspecified atom stereocenters. The molecule has 0 atom stereocenters. The van der Waals surface area contributed by atoms with E-state index in [-0.39, 0.29) is 12.5 Å². The molecule has 3 rings (SSSR count). The smallest absolute Gasteiger partial charge is 0.260 e. The molecule has 7 heteroatoms. The van der Waals surface area contributed by atoms with E-state index in [1.54, 1.807) is 13.2 Å². The molecule has 1 saturated heterocycles. The summed E-state index contributed by atoms with van der Waals surface area (Å²) in [6.07, 6.45) is 0. The summed E-state index contributed by atoms with van der Waals surface area (Å²) in [7, 11) is 1.61. The Morgan fingerprint density at radius 2 is 1.81 bits per heavy atom. The summed E-state index contributed by atoms with van der Waals surface area (Å²) >= 11 is 0. The first-order valence-electron chi connectivity index (χ1n) is 9.33. The molecule has 2 aromatic rings. The molecule has 0 N–H and O–H groups in total. The minimum atomic E-state index is 0.0241. The van der Waals surface area contributed by atoms with Gasteiger partial charge in [0.2, 0.25) is 0 Å². The molecule has 1 aromatic heterocycles. The lowest BCUT2D eigenvalue weighted by Gasteiger charge is -2.34. The monoisotopic (exact) mass is 372 g/mol. The summed E-state index contributed by atoms with van der Waals surface area (Å²) in [6.45, 7) is 9.21. The zero-order chi connectivity index (χ0) is 19.2. The van der Waals surface area contributed by atoms with Crippen molar-refractivity contribution in [2.75, 3.05) is 46.4 Å². The van der Waals surface area contributed by atoms with Crippen LogP contribution in [0.3, 0.4) is 0 Å². The van der Waals surface area contributed by atoms with Gasteiger partial charge in [-0.15, -0.1) is 0 Å². The zero-order valence-corrected chi connectivity index (χ0v) is 16.4. The van der Waals surface area contributed by atoms with Crippen molar-refractivity contribution < 1.29 is 14.3 Å². The third kappa shape index (κ3) is 5.23. The third-order valence-corrected chi connectivity index (χ3v) is 4.86. The van der Waals surface area contributed by atoms with Crippen molar-refractivity contribution in [2.24, 2.45) is 0 Å². The second-order valence-corrected chi connectivity index (χ2v) is 6.84. The molecule has 1 aliphatic rings. The Bertz CT molecular complexity index is 766. The number of benzene rings is 1. The predicted molar refractivity (Wildman–Crippen MR) is 103 cm³/mol. The average Bonchev–Trinajstić information content (AvgIpc) is 3.02. The lowest BCUT2D eigenvalue weighted by molar-refractivity contribution is -0.135. The number of aryl methyl sites for hydroxylation is 2. The van der Waals surface area contributed by atoms with Crippen LogP contribution in [-0.4, -0.2) is 71.9 Å². The normalized spacial score (nSPS) is 15.0. The van der Waals surface area contributed by atoms with Crippen LogP contribution >= 0.6 is 0 Å². The topological polar surface area (TPSA) is 59.8 Å². The van der Waals surface area contributed by atoms with Crippen LogP contribution in [0.5, 0.6) is 11.5 Å². The number of methoxy groups -OCH3 is 1. The molecule has 2 heterocycles. The minimum Gasteiger partial charge on any atom is -0.497 e. The van der Waals surface area contributed by atoms with Crippen LogP contribution in [0, 0.1) is 13.8 Å². The van der Waals surface area contributed by atoms with Crippen molar-refractivity contribution in [3.63, 3.8) is 0 Å². The average molecular weight is 372 g/mol. The quantitative estimate of drug-likeness (QED) is 0.741. The van der Waals surface area contributed by atoms with Crippen molar-refractivity contribution in [1.82, 2.24) is 19.6 Å². The van der Waals surface area contributed by atoms with Crippen LogP contribution < -0.4 is 9.47 Å².